The van der Waals surface area contributed by atoms with Crippen LogP contribution in [0.2, 0.25) is 0 Å². The van der Waals surface area contributed by atoms with Gasteiger partial charge in [0.25, 0.3) is 0 Å². The Morgan fingerprint density at radius 1 is 1.00 bits per heavy atom. The van der Waals surface area contributed by atoms with Crippen molar-refractivity contribution in [3.05, 3.63) is 0 Å². The summed E-state index contributed by atoms with van der Waals surface area (Å²) >= 11 is 0. The highest BCUT2D eigenvalue weighted by Gasteiger charge is 2.45. The van der Waals surface area contributed by atoms with Crippen LogP contribution in [0, 0.1) is 29.6 Å². The number of rotatable bonds is 7. The van der Waals surface area contributed by atoms with E-state index in [4.69, 9.17) is 9.47 Å². The Balaban J connectivity index is 2.96. The third-order valence-electron chi connectivity index (χ3n) is 5.40. The van der Waals surface area contributed by atoms with Gasteiger partial charge in [-0.25, -0.2) is 0 Å². The van der Waals surface area contributed by atoms with Gasteiger partial charge in [-0.1, -0.05) is 54.4 Å². The summed E-state index contributed by atoms with van der Waals surface area (Å²) in [5.74, 6) is 3.37. The molecule has 1 saturated heterocycles. The first-order valence-electron chi connectivity index (χ1n) is 8.68. The van der Waals surface area contributed by atoms with Crippen LogP contribution in [0.3, 0.4) is 0 Å². The normalized spacial score (nSPS) is 36.3. The lowest BCUT2D eigenvalue weighted by Gasteiger charge is -2.49. The van der Waals surface area contributed by atoms with Crippen LogP contribution in [0.5, 0.6) is 0 Å². The van der Waals surface area contributed by atoms with Crippen molar-refractivity contribution in [2.24, 2.45) is 29.6 Å². The van der Waals surface area contributed by atoms with Crippen molar-refractivity contribution in [1.29, 1.82) is 0 Å². The smallest absolute Gasteiger partial charge is 0.160 e. The molecule has 0 saturated carbocycles. The van der Waals surface area contributed by atoms with Gasteiger partial charge in [0.05, 0.1) is 6.10 Å². The SMILES string of the molecule is CCC(C)CC1OC(OC)C(CC)C(C(C)C)C1CC. The third kappa shape index (κ3) is 3.98. The van der Waals surface area contributed by atoms with Gasteiger partial charge in [0, 0.05) is 13.0 Å². The van der Waals surface area contributed by atoms with Crippen molar-refractivity contribution in [3.63, 3.8) is 0 Å². The number of methoxy groups -OCH3 is 1. The molecule has 2 heteroatoms. The van der Waals surface area contributed by atoms with Gasteiger partial charge in [-0.05, 0) is 36.5 Å². The molecule has 1 rings (SSSR count). The molecule has 0 N–H and O–H groups in total. The topological polar surface area (TPSA) is 18.5 Å². The van der Waals surface area contributed by atoms with Crippen LogP contribution in [0.4, 0.5) is 0 Å². The number of ether oxygens (including phenoxy) is 2. The van der Waals surface area contributed by atoms with Crippen LogP contribution < -0.4 is 0 Å². The fourth-order valence-electron chi connectivity index (χ4n) is 4.13. The van der Waals surface area contributed by atoms with Gasteiger partial charge < -0.3 is 9.47 Å². The van der Waals surface area contributed by atoms with Crippen LogP contribution in [0.1, 0.15) is 67.2 Å². The minimum absolute atomic E-state index is 0.00995. The monoisotopic (exact) mass is 284 g/mol. The molecule has 1 heterocycles. The van der Waals surface area contributed by atoms with E-state index >= 15 is 0 Å². The van der Waals surface area contributed by atoms with E-state index in [1.807, 2.05) is 0 Å². The first-order valence-corrected chi connectivity index (χ1v) is 8.68. The van der Waals surface area contributed by atoms with E-state index in [0.717, 1.165) is 18.3 Å². The third-order valence-corrected chi connectivity index (χ3v) is 5.40. The van der Waals surface area contributed by atoms with Gasteiger partial charge in [0.1, 0.15) is 0 Å². The molecule has 0 radical (unpaired) electrons. The Bertz CT molecular complexity index is 264. The fraction of sp³-hybridized carbons (Fsp3) is 1.00. The molecule has 6 atom stereocenters. The lowest BCUT2D eigenvalue weighted by molar-refractivity contribution is -0.255. The molecule has 0 aliphatic carbocycles. The molecule has 20 heavy (non-hydrogen) atoms. The standard InChI is InChI=1S/C18H36O2/c1-8-13(6)11-16-14(9-2)17(12(4)5)15(10-3)18(19-7)20-16/h12-18H,8-11H2,1-7H3. The molecule has 0 aromatic carbocycles. The molecule has 1 fully saturated rings. The quantitative estimate of drug-likeness (QED) is 0.646. The highest BCUT2D eigenvalue weighted by Crippen LogP contribution is 2.44. The maximum absolute atomic E-state index is 6.37. The number of hydrogen-bond acceptors (Lipinski definition) is 2. The Hall–Kier alpha value is -0.0800. The fourth-order valence-corrected chi connectivity index (χ4v) is 4.13. The van der Waals surface area contributed by atoms with E-state index in [2.05, 4.69) is 41.5 Å². The molecule has 1 aliphatic rings. The lowest BCUT2D eigenvalue weighted by atomic mass is 9.67. The van der Waals surface area contributed by atoms with Crippen LogP contribution in [-0.4, -0.2) is 19.5 Å². The Morgan fingerprint density at radius 2 is 1.60 bits per heavy atom. The molecule has 0 spiro atoms. The van der Waals surface area contributed by atoms with Crippen molar-refractivity contribution < 1.29 is 9.47 Å². The summed E-state index contributed by atoms with van der Waals surface area (Å²) in [5.41, 5.74) is 0. The zero-order valence-electron chi connectivity index (χ0n) is 14.7. The van der Waals surface area contributed by atoms with E-state index < -0.39 is 0 Å². The van der Waals surface area contributed by atoms with Gasteiger partial charge >= 0.3 is 0 Å². The van der Waals surface area contributed by atoms with Crippen molar-refractivity contribution in [1.82, 2.24) is 0 Å². The van der Waals surface area contributed by atoms with Crippen LogP contribution in [-0.2, 0) is 9.47 Å². The molecule has 6 unspecified atom stereocenters. The molecule has 120 valence electrons. The summed E-state index contributed by atoms with van der Waals surface area (Å²) in [5, 5.41) is 0. The highest BCUT2D eigenvalue weighted by atomic mass is 16.7. The van der Waals surface area contributed by atoms with Gasteiger partial charge in [-0.15, -0.1) is 0 Å². The van der Waals surface area contributed by atoms with E-state index in [1.165, 1.54) is 19.3 Å². The maximum atomic E-state index is 6.37. The Labute approximate surface area is 126 Å². The minimum Gasteiger partial charge on any atom is -0.356 e. The summed E-state index contributed by atoms with van der Waals surface area (Å²) in [6.45, 7) is 14.0. The van der Waals surface area contributed by atoms with Gasteiger partial charge in [0.15, 0.2) is 6.29 Å². The average Bonchev–Trinajstić information content (AvgIpc) is 2.45. The molecule has 0 amide bonds. The molecular weight excluding hydrogens is 248 g/mol. The second-order valence-electron chi connectivity index (χ2n) is 6.99. The summed E-state index contributed by atoms with van der Waals surface area (Å²) in [4.78, 5) is 0. The van der Waals surface area contributed by atoms with Crippen molar-refractivity contribution >= 4 is 0 Å². The van der Waals surface area contributed by atoms with E-state index in [1.54, 1.807) is 7.11 Å². The van der Waals surface area contributed by atoms with Crippen molar-refractivity contribution in [3.8, 4) is 0 Å². The van der Waals surface area contributed by atoms with E-state index in [-0.39, 0.29) is 6.29 Å². The summed E-state index contributed by atoms with van der Waals surface area (Å²) in [6.07, 6.45) is 5.14. The van der Waals surface area contributed by atoms with Gasteiger partial charge in [0.2, 0.25) is 0 Å². The highest BCUT2D eigenvalue weighted by molar-refractivity contribution is 4.90. The second kappa shape index (κ2) is 8.38. The summed E-state index contributed by atoms with van der Waals surface area (Å²) in [7, 11) is 1.80. The van der Waals surface area contributed by atoms with E-state index in [9.17, 15) is 0 Å². The minimum atomic E-state index is -0.00995. The largest absolute Gasteiger partial charge is 0.356 e. The molecule has 0 bridgehead atoms. The molecule has 0 aromatic heterocycles. The van der Waals surface area contributed by atoms with Crippen LogP contribution in [0.15, 0.2) is 0 Å². The summed E-state index contributed by atoms with van der Waals surface area (Å²) < 4.78 is 12.1. The maximum Gasteiger partial charge on any atom is 0.160 e. The number of hydrogen-bond donors (Lipinski definition) is 0. The predicted octanol–water partition coefficient (Wildman–Crippen LogP) is 5.12. The van der Waals surface area contributed by atoms with Crippen molar-refractivity contribution in [2.45, 2.75) is 79.6 Å². The lowest BCUT2D eigenvalue weighted by Crippen LogP contribution is -2.50. The molecular formula is C18H36O2. The zero-order valence-corrected chi connectivity index (χ0v) is 14.7. The second-order valence-corrected chi connectivity index (χ2v) is 6.99. The Morgan fingerprint density at radius 3 is 2.00 bits per heavy atom. The Kier molecular flexibility index (Phi) is 7.53. The molecule has 2 nitrogen and oxygen atoms in total. The van der Waals surface area contributed by atoms with E-state index in [0.29, 0.717) is 23.9 Å². The first kappa shape index (κ1) is 18.0. The average molecular weight is 284 g/mol. The zero-order chi connectivity index (χ0) is 15.3. The van der Waals surface area contributed by atoms with Gasteiger partial charge in [-0.2, -0.15) is 0 Å². The summed E-state index contributed by atoms with van der Waals surface area (Å²) in [6, 6.07) is 0. The van der Waals surface area contributed by atoms with Gasteiger partial charge in [-0.3, -0.25) is 0 Å². The predicted molar refractivity (Wildman–Crippen MR) is 85.6 cm³/mol. The van der Waals surface area contributed by atoms with Crippen LogP contribution in [0.25, 0.3) is 0 Å². The molecule has 0 aromatic rings. The van der Waals surface area contributed by atoms with Crippen molar-refractivity contribution in [2.75, 3.05) is 7.11 Å². The first-order chi connectivity index (χ1) is 9.49. The molecule has 1 aliphatic heterocycles. The van der Waals surface area contributed by atoms with Crippen LogP contribution >= 0.6 is 0 Å².